The molecule has 7 heteroatoms. The normalized spacial score (nSPS) is 13.2. The van der Waals surface area contributed by atoms with Crippen LogP contribution in [0.3, 0.4) is 0 Å². The van der Waals surface area contributed by atoms with Gasteiger partial charge in [0.1, 0.15) is 4.90 Å². The van der Waals surface area contributed by atoms with Crippen LogP contribution in [0.25, 0.3) is 0 Å². The number of halogens is 1. The first-order chi connectivity index (χ1) is 8.92. The van der Waals surface area contributed by atoms with Gasteiger partial charge in [0.05, 0.1) is 10.7 Å². The molecule has 0 fully saturated rings. The minimum atomic E-state index is -3.64. The van der Waals surface area contributed by atoms with Crippen molar-refractivity contribution in [2.45, 2.75) is 24.7 Å². The Balaban J connectivity index is 3.10. The smallest absolute Gasteiger partial charge is 0.258 e. The molecule has 0 bridgehead atoms. The van der Waals surface area contributed by atoms with Crippen molar-refractivity contribution in [2.75, 3.05) is 11.1 Å². The number of hydrogen-bond acceptors (Lipinski definition) is 4. The van der Waals surface area contributed by atoms with Crippen molar-refractivity contribution < 1.29 is 13.3 Å². The average molecular weight is 350 g/mol. The Kier molecular flexibility index (Phi) is 5.93. The Hall–Kier alpha value is -0.950. The van der Waals surface area contributed by atoms with Crippen LogP contribution in [-0.2, 0) is 9.84 Å². The van der Waals surface area contributed by atoms with E-state index in [9.17, 15) is 18.5 Å². The van der Waals surface area contributed by atoms with Crippen LogP contribution in [0.5, 0.6) is 0 Å². The summed E-state index contributed by atoms with van der Waals surface area (Å²) in [6, 6.07) is 5.48. The van der Waals surface area contributed by atoms with E-state index in [1.807, 2.05) is 6.92 Å². The standard InChI is InChI=1S/C12H16BrNO4S/c1-2-5-10(8-13)9-19(17,18)12-7-4-3-6-11(12)14(15)16/h3-4,6-7,10H,2,5,8-9H2,1H3. The van der Waals surface area contributed by atoms with E-state index in [1.54, 1.807) is 0 Å². The minimum absolute atomic E-state index is 0.0326. The maximum Gasteiger partial charge on any atom is 0.287 e. The van der Waals surface area contributed by atoms with Crippen LogP contribution in [0.4, 0.5) is 5.69 Å². The maximum atomic E-state index is 12.3. The number of nitro benzene ring substituents is 1. The summed E-state index contributed by atoms with van der Waals surface area (Å²) in [7, 11) is -3.64. The molecule has 106 valence electrons. The number of alkyl halides is 1. The number of nitrogens with zero attached hydrogens (tertiary/aromatic N) is 1. The summed E-state index contributed by atoms with van der Waals surface area (Å²) in [5.74, 6) is -0.105. The number of para-hydroxylation sites is 1. The topological polar surface area (TPSA) is 77.3 Å². The Labute approximate surface area is 121 Å². The second-order valence-electron chi connectivity index (χ2n) is 4.32. The highest BCUT2D eigenvalue weighted by Crippen LogP contribution is 2.26. The van der Waals surface area contributed by atoms with E-state index >= 15 is 0 Å². The molecule has 19 heavy (non-hydrogen) atoms. The maximum absolute atomic E-state index is 12.3. The first kappa shape index (κ1) is 16.1. The number of rotatable bonds is 7. The molecule has 0 radical (unpaired) electrons. The van der Waals surface area contributed by atoms with Gasteiger partial charge in [-0.2, -0.15) is 0 Å². The van der Waals surface area contributed by atoms with Gasteiger partial charge >= 0.3 is 0 Å². The molecule has 0 saturated carbocycles. The van der Waals surface area contributed by atoms with Gasteiger partial charge in [0.25, 0.3) is 5.69 Å². The molecule has 0 heterocycles. The molecular formula is C12H16BrNO4S. The van der Waals surface area contributed by atoms with Crippen molar-refractivity contribution in [3.05, 3.63) is 34.4 Å². The molecule has 1 aromatic rings. The molecule has 0 aliphatic rings. The number of benzene rings is 1. The van der Waals surface area contributed by atoms with Crippen LogP contribution in [-0.4, -0.2) is 24.4 Å². The summed E-state index contributed by atoms with van der Waals surface area (Å²) in [5.41, 5.74) is -0.354. The van der Waals surface area contributed by atoms with Crippen molar-refractivity contribution in [3.63, 3.8) is 0 Å². The molecule has 0 aliphatic carbocycles. The first-order valence-electron chi connectivity index (χ1n) is 5.94. The number of hydrogen-bond donors (Lipinski definition) is 0. The number of sulfone groups is 1. The molecule has 1 atom stereocenters. The van der Waals surface area contributed by atoms with Crippen molar-refractivity contribution in [3.8, 4) is 0 Å². The van der Waals surface area contributed by atoms with Crippen LogP contribution >= 0.6 is 15.9 Å². The van der Waals surface area contributed by atoms with E-state index in [1.165, 1.54) is 24.3 Å². The lowest BCUT2D eigenvalue weighted by atomic mass is 10.1. The van der Waals surface area contributed by atoms with Gasteiger partial charge in [-0.15, -0.1) is 0 Å². The highest BCUT2D eigenvalue weighted by atomic mass is 79.9. The fourth-order valence-electron chi connectivity index (χ4n) is 1.88. The van der Waals surface area contributed by atoms with E-state index in [0.29, 0.717) is 5.33 Å². The molecular weight excluding hydrogens is 334 g/mol. The monoisotopic (exact) mass is 349 g/mol. The van der Waals surface area contributed by atoms with E-state index in [-0.39, 0.29) is 22.3 Å². The summed E-state index contributed by atoms with van der Waals surface area (Å²) >= 11 is 3.29. The van der Waals surface area contributed by atoms with Crippen LogP contribution in [0, 0.1) is 16.0 Å². The molecule has 0 aromatic heterocycles. The van der Waals surface area contributed by atoms with Crippen molar-refractivity contribution in [1.82, 2.24) is 0 Å². The van der Waals surface area contributed by atoms with E-state index in [0.717, 1.165) is 12.8 Å². The molecule has 5 nitrogen and oxygen atoms in total. The zero-order valence-corrected chi connectivity index (χ0v) is 13.0. The van der Waals surface area contributed by atoms with Crippen molar-refractivity contribution in [1.29, 1.82) is 0 Å². The predicted octanol–water partition coefficient (Wildman–Crippen LogP) is 3.18. The van der Waals surface area contributed by atoms with Crippen LogP contribution in [0.2, 0.25) is 0 Å². The lowest BCUT2D eigenvalue weighted by molar-refractivity contribution is -0.387. The van der Waals surface area contributed by atoms with Crippen LogP contribution < -0.4 is 0 Å². The highest BCUT2D eigenvalue weighted by Gasteiger charge is 2.27. The Morgan fingerprint density at radius 1 is 1.37 bits per heavy atom. The second kappa shape index (κ2) is 7.00. The first-order valence-corrected chi connectivity index (χ1v) is 8.72. The molecule has 0 N–H and O–H groups in total. The Morgan fingerprint density at radius 3 is 2.53 bits per heavy atom. The quantitative estimate of drug-likeness (QED) is 0.430. The van der Waals surface area contributed by atoms with Gasteiger partial charge in [0, 0.05) is 11.4 Å². The second-order valence-corrected chi connectivity index (χ2v) is 6.97. The summed E-state index contributed by atoms with van der Waals surface area (Å²) in [5, 5.41) is 11.5. The zero-order chi connectivity index (χ0) is 14.5. The molecule has 1 rings (SSSR count). The minimum Gasteiger partial charge on any atom is -0.258 e. The van der Waals surface area contributed by atoms with Gasteiger partial charge in [0.15, 0.2) is 9.84 Å². The van der Waals surface area contributed by atoms with Crippen molar-refractivity contribution in [2.24, 2.45) is 5.92 Å². The Bertz CT molecular complexity index is 544. The van der Waals surface area contributed by atoms with Gasteiger partial charge in [-0.1, -0.05) is 41.4 Å². The van der Waals surface area contributed by atoms with E-state index in [2.05, 4.69) is 15.9 Å². The summed E-state index contributed by atoms with van der Waals surface area (Å²) in [6.07, 6.45) is 1.65. The van der Waals surface area contributed by atoms with Gasteiger partial charge < -0.3 is 0 Å². The third kappa shape index (κ3) is 4.28. The van der Waals surface area contributed by atoms with Gasteiger partial charge in [-0.25, -0.2) is 8.42 Å². The van der Waals surface area contributed by atoms with Crippen LogP contribution in [0.15, 0.2) is 29.2 Å². The molecule has 0 saturated heterocycles. The fourth-order valence-corrected chi connectivity index (χ4v) is 4.57. The predicted molar refractivity (Wildman–Crippen MR) is 77.3 cm³/mol. The summed E-state index contributed by atoms with van der Waals surface area (Å²) in [4.78, 5) is 10.0. The van der Waals surface area contributed by atoms with Crippen LogP contribution in [0.1, 0.15) is 19.8 Å². The molecule has 1 aromatic carbocycles. The third-order valence-corrected chi connectivity index (χ3v) is 5.61. The Morgan fingerprint density at radius 2 is 2.00 bits per heavy atom. The fraction of sp³-hybridized carbons (Fsp3) is 0.500. The third-order valence-electron chi connectivity index (χ3n) is 2.77. The lowest BCUT2D eigenvalue weighted by Gasteiger charge is -2.13. The zero-order valence-electron chi connectivity index (χ0n) is 10.6. The van der Waals surface area contributed by atoms with E-state index < -0.39 is 14.8 Å². The molecule has 0 amide bonds. The SMILES string of the molecule is CCCC(CBr)CS(=O)(=O)c1ccccc1[N+](=O)[O-]. The average Bonchev–Trinajstić information content (AvgIpc) is 2.38. The molecule has 1 unspecified atom stereocenters. The van der Waals surface area contributed by atoms with E-state index in [4.69, 9.17) is 0 Å². The molecule has 0 spiro atoms. The van der Waals surface area contributed by atoms with Gasteiger partial charge in [-0.3, -0.25) is 10.1 Å². The summed E-state index contributed by atoms with van der Waals surface area (Å²) < 4.78 is 24.6. The summed E-state index contributed by atoms with van der Waals surface area (Å²) in [6.45, 7) is 1.98. The highest BCUT2D eigenvalue weighted by molar-refractivity contribution is 9.09. The lowest BCUT2D eigenvalue weighted by Crippen LogP contribution is -2.18. The van der Waals surface area contributed by atoms with Gasteiger partial charge in [0.2, 0.25) is 0 Å². The molecule has 0 aliphatic heterocycles. The largest absolute Gasteiger partial charge is 0.287 e. The van der Waals surface area contributed by atoms with Crippen molar-refractivity contribution >= 4 is 31.5 Å². The number of nitro groups is 1. The van der Waals surface area contributed by atoms with Gasteiger partial charge in [-0.05, 0) is 18.4 Å².